The standard InChI is InChI=1S/C21H20N4O2/c1-13-3-6-15(7-4-13)23-18(26)9-10-25-12-22-19-16-11-14(2)5-8-17(16)24-20(19)21(25)27/h3-8,11-12,24H,9-10H2,1-2H3,(H,23,26). The zero-order valence-electron chi connectivity index (χ0n) is 15.2. The number of carbonyl (C=O) groups excluding carboxylic acids is 1. The molecule has 0 fully saturated rings. The molecule has 0 unspecified atom stereocenters. The molecule has 2 heterocycles. The molecular formula is C21H20N4O2. The summed E-state index contributed by atoms with van der Waals surface area (Å²) in [5, 5.41) is 3.78. The first-order valence-electron chi connectivity index (χ1n) is 8.85. The van der Waals surface area contributed by atoms with Gasteiger partial charge in [-0.3, -0.25) is 14.2 Å². The Morgan fingerprint density at radius 3 is 2.63 bits per heavy atom. The molecule has 0 atom stereocenters. The van der Waals surface area contributed by atoms with E-state index in [1.165, 1.54) is 10.9 Å². The molecule has 0 aliphatic carbocycles. The maximum absolute atomic E-state index is 12.8. The van der Waals surface area contributed by atoms with Crippen LogP contribution in [0.25, 0.3) is 21.9 Å². The van der Waals surface area contributed by atoms with Crippen molar-refractivity contribution in [2.45, 2.75) is 26.8 Å². The number of benzene rings is 2. The second-order valence-corrected chi connectivity index (χ2v) is 6.80. The fraction of sp³-hybridized carbons (Fsp3) is 0.190. The summed E-state index contributed by atoms with van der Waals surface area (Å²) in [6, 6.07) is 13.6. The third kappa shape index (κ3) is 3.33. The van der Waals surface area contributed by atoms with E-state index in [1.54, 1.807) is 0 Å². The molecule has 0 bridgehead atoms. The number of nitrogens with one attached hydrogen (secondary N) is 2. The van der Waals surface area contributed by atoms with E-state index in [-0.39, 0.29) is 24.4 Å². The minimum Gasteiger partial charge on any atom is -0.349 e. The zero-order chi connectivity index (χ0) is 19.0. The molecule has 27 heavy (non-hydrogen) atoms. The number of H-pyrrole nitrogens is 1. The first-order valence-corrected chi connectivity index (χ1v) is 8.85. The molecule has 2 aromatic heterocycles. The highest BCUT2D eigenvalue weighted by Gasteiger charge is 2.12. The van der Waals surface area contributed by atoms with Gasteiger partial charge >= 0.3 is 0 Å². The summed E-state index contributed by atoms with van der Waals surface area (Å²) < 4.78 is 1.47. The lowest BCUT2D eigenvalue weighted by Crippen LogP contribution is -2.23. The molecule has 0 saturated carbocycles. The largest absolute Gasteiger partial charge is 0.349 e. The summed E-state index contributed by atoms with van der Waals surface area (Å²) in [5.41, 5.74) is 4.84. The Hall–Kier alpha value is -3.41. The van der Waals surface area contributed by atoms with Crippen molar-refractivity contribution >= 4 is 33.5 Å². The molecule has 1 amide bonds. The summed E-state index contributed by atoms with van der Waals surface area (Å²) in [5.74, 6) is -0.141. The molecule has 6 heteroatoms. The summed E-state index contributed by atoms with van der Waals surface area (Å²) in [6.45, 7) is 4.27. The highest BCUT2D eigenvalue weighted by atomic mass is 16.2. The van der Waals surface area contributed by atoms with E-state index in [0.717, 1.165) is 27.7 Å². The maximum atomic E-state index is 12.8. The fourth-order valence-corrected chi connectivity index (χ4v) is 3.15. The number of aromatic nitrogens is 3. The van der Waals surface area contributed by atoms with Crippen LogP contribution in [0.5, 0.6) is 0 Å². The molecule has 0 aliphatic heterocycles. The predicted octanol–water partition coefficient (Wildman–Crippen LogP) is 3.52. The second kappa shape index (κ2) is 6.72. The van der Waals surface area contributed by atoms with Crippen molar-refractivity contribution in [1.82, 2.24) is 14.5 Å². The lowest BCUT2D eigenvalue weighted by Gasteiger charge is -2.07. The molecule has 6 nitrogen and oxygen atoms in total. The van der Waals surface area contributed by atoms with Gasteiger partial charge < -0.3 is 10.3 Å². The van der Waals surface area contributed by atoms with Crippen LogP contribution in [0.2, 0.25) is 0 Å². The van der Waals surface area contributed by atoms with Gasteiger partial charge in [0.1, 0.15) is 11.0 Å². The van der Waals surface area contributed by atoms with E-state index < -0.39 is 0 Å². The van der Waals surface area contributed by atoms with E-state index in [1.807, 2.05) is 56.3 Å². The number of hydrogen-bond acceptors (Lipinski definition) is 3. The van der Waals surface area contributed by atoms with Crippen molar-refractivity contribution < 1.29 is 4.79 Å². The van der Waals surface area contributed by atoms with E-state index >= 15 is 0 Å². The normalized spacial score (nSPS) is 11.2. The summed E-state index contributed by atoms with van der Waals surface area (Å²) in [4.78, 5) is 32.5. The highest BCUT2D eigenvalue weighted by molar-refractivity contribution is 6.04. The number of rotatable bonds is 4. The van der Waals surface area contributed by atoms with E-state index in [0.29, 0.717) is 11.0 Å². The lowest BCUT2D eigenvalue weighted by atomic mass is 10.2. The van der Waals surface area contributed by atoms with Gasteiger partial charge in [0, 0.05) is 29.6 Å². The maximum Gasteiger partial charge on any atom is 0.277 e. The molecule has 0 aliphatic rings. The second-order valence-electron chi connectivity index (χ2n) is 6.80. The van der Waals surface area contributed by atoms with E-state index in [2.05, 4.69) is 15.3 Å². The fourth-order valence-electron chi connectivity index (χ4n) is 3.15. The zero-order valence-corrected chi connectivity index (χ0v) is 15.2. The van der Waals surface area contributed by atoms with Gasteiger partial charge in [-0.15, -0.1) is 0 Å². The van der Waals surface area contributed by atoms with Crippen LogP contribution in [0.15, 0.2) is 53.6 Å². The number of aryl methyl sites for hydroxylation is 3. The number of amides is 1. The molecule has 4 rings (SSSR count). The van der Waals surface area contributed by atoms with Gasteiger partial charge in [0.25, 0.3) is 5.56 Å². The van der Waals surface area contributed by atoms with Crippen molar-refractivity contribution in [2.24, 2.45) is 0 Å². The topological polar surface area (TPSA) is 79.8 Å². The van der Waals surface area contributed by atoms with Gasteiger partial charge in [-0.2, -0.15) is 0 Å². The Morgan fingerprint density at radius 1 is 1.11 bits per heavy atom. The molecule has 2 N–H and O–H groups in total. The van der Waals surface area contributed by atoms with Crippen LogP contribution in [0.3, 0.4) is 0 Å². The van der Waals surface area contributed by atoms with Gasteiger partial charge in [0.2, 0.25) is 5.91 Å². The summed E-state index contributed by atoms with van der Waals surface area (Å²) >= 11 is 0. The number of anilines is 1. The van der Waals surface area contributed by atoms with Crippen LogP contribution in [-0.2, 0) is 11.3 Å². The first-order chi connectivity index (χ1) is 13.0. The number of hydrogen-bond donors (Lipinski definition) is 2. The third-order valence-electron chi connectivity index (χ3n) is 4.64. The number of fused-ring (bicyclic) bond motifs is 3. The average molecular weight is 360 g/mol. The van der Waals surface area contributed by atoms with Gasteiger partial charge in [-0.25, -0.2) is 4.98 Å². The molecule has 0 saturated heterocycles. The van der Waals surface area contributed by atoms with Crippen LogP contribution in [0, 0.1) is 13.8 Å². The van der Waals surface area contributed by atoms with Crippen LogP contribution >= 0.6 is 0 Å². The van der Waals surface area contributed by atoms with Crippen molar-refractivity contribution in [3.8, 4) is 0 Å². The van der Waals surface area contributed by atoms with Gasteiger partial charge in [0.15, 0.2) is 0 Å². The smallest absolute Gasteiger partial charge is 0.277 e. The van der Waals surface area contributed by atoms with Crippen LogP contribution in [0.1, 0.15) is 17.5 Å². The first kappa shape index (κ1) is 17.0. The molecule has 0 spiro atoms. The minimum atomic E-state index is -0.169. The van der Waals surface area contributed by atoms with Gasteiger partial charge in [-0.05, 0) is 38.1 Å². The lowest BCUT2D eigenvalue weighted by molar-refractivity contribution is -0.116. The van der Waals surface area contributed by atoms with Gasteiger partial charge in [0.05, 0.1) is 6.33 Å². The molecule has 4 aromatic rings. The van der Waals surface area contributed by atoms with Crippen LogP contribution < -0.4 is 10.9 Å². The van der Waals surface area contributed by atoms with Crippen LogP contribution in [-0.4, -0.2) is 20.4 Å². The Balaban J connectivity index is 1.54. The Labute approximate surface area is 155 Å². The summed E-state index contributed by atoms with van der Waals surface area (Å²) in [6.07, 6.45) is 1.71. The van der Waals surface area contributed by atoms with Crippen molar-refractivity contribution in [1.29, 1.82) is 0 Å². The van der Waals surface area contributed by atoms with Crippen molar-refractivity contribution in [2.75, 3.05) is 5.32 Å². The third-order valence-corrected chi connectivity index (χ3v) is 4.64. The van der Waals surface area contributed by atoms with Crippen molar-refractivity contribution in [3.05, 3.63) is 70.3 Å². The quantitative estimate of drug-likeness (QED) is 0.584. The molecule has 0 radical (unpaired) electrons. The molecular weight excluding hydrogens is 340 g/mol. The van der Waals surface area contributed by atoms with E-state index in [4.69, 9.17) is 0 Å². The SMILES string of the molecule is Cc1ccc(NC(=O)CCn2cnc3c([nH]c4ccc(C)cc43)c2=O)cc1. The Morgan fingerprint density at radius 2 is 1.85 bits per heavy atom. The number of carbonyl (C=O) groups is 1. The highest BCUT2D eigenvalue weighted by Crippen LogP contribution is 2.22. The Bertz CT molecular complexity index is 1200. The predicted molar refractivity (Wildman–Crippen MR) is 107 cm³/mol. The molecule has 136 valence electrons. The van der Waals surface area contributed by atoms with Crippen molar-refractivity contribution in [3.63, 3.8) is 0 Å². The minimum absolute atomic E-state index is 0.141. The number of aromatic amines is 1. The Kier molecular flexibility index (Phi) is 4.24. The number of nitrogens with zero attached hydrogens (tertiary/aromatic N) is 2. The van der Waals surface area contributed by atoms with Crippen LogP contribution in [0.4, 0.5) is 5.69 Å². The molecule has 2 aromatic carbocycles. The average Bonchev–Trinajstić information content (AvgIpc) is 3.02. The van der Waals surface area contributed by atoms with E-state index in [9.17, 15) is 9.59 Å². The van der Waals surface area contributed by atoms with Gasteiger partial charge in [-0.1, -0.05) is 29.3 Å². The monoisotopic (exact) mass is 360 g/mol. The summed E-state index contributed by atoms with van der Waals surface area (Å²) in [7, 11) is 0.